The Hall–Kier alpha value is -1.36. The first-order valence-electron chi connectivity index (χ1n) is 4.52. The van der Waals surface area contributed by atoms with Crippen LogP contribution in [0.2, 0.25) is 0 Å². The van der Waals surface area contributed by atoms with Crippen LogP contribution in [0.4, 0.5) is 5.82 Å². The predicted molar refractivity (Wildman–Crippen MR) is 54.4 cm³/mol. The highest BCUT2D eigenvalue weighted by atomic mass is 16.5. The fraction of sp³-hybridized carbons (Fsp3) is 0.556. The first-order valence-corrected chi connectivity index (χ1v) is 4.52. The molecule has 0 saturated carbocycles. The second kappa shape index (κ2) is 5.39. The maximum atomic E-state index is 10.9. The Balaban J connectivity index is 2.47. The Labute approximate surface area is 82.5 Å². The monoisotopic (exact) mass is 197 g/mol. The van der Waals surface area contributed by atoms with Crippen molar-refractivity contribution >= 4 is 5.82 Å². The minimum absolute atomic E-state index is 0.151. The van der Waals surface area contributed by atoms with E-state index in [1.807, 2.05) is 6.92 Å². The molecule has 0 aliphatic carbocycles. The van der Waals surface area contributed by atoms with Gasteiger partial charge in [-0.1, -0.05) is 0 Å². The molecule has 0 spiro atoms. The quantitative estimate of drug-likeness (QED) is 0.725. The van der Waals surface area contributed by atoms with Gasteiger partial charge in [0.1, 0.15) is 5.82 Å². The zero-order valence-electron chi connectivity index (χ0n) is 8.41. The summed E-state index contributed by atoms with van der Waals surface area (Å²) in [5, 5.41) is 3.11. The van der Waals surface area contributed by atoms with E-state index in [2.05, 4.69) is 15.3 Å². The van der Waals surface area contributed by atoms with Crippen LogP contribution in [0.1, 0.15) is 13.3 Å². The Morgan fingerprint density at radius 1 is 1.71 bits per heavy atom. The molecule has 5 heteroatoms. The molecule has 1 rings (SSSR count). The highest BCUT2D eigenvalue weighted by Crippen LogP contribution is 2.01. The van der Waals surface area contributed by atoms with Crippen molar-refractivity contribution in [2.45, 2.75) is 19.4 Å². The smallest absolute Gasteiger partial charge is 0.252 e. The lowest BCUT2D eigenvalue weighted by Crippen LogP contribution is -2.19. The van der Waals surface area contributed by atoms with Crippen molar-refractivity contribution in [3.63, 3.8) is 0 Å². The number of ether oxygens (including phenoxy) is 1. The Morgan fingerprint density at radius 3 is 3.14 bits per heavy atom. The lowest BCUT2D eigenvalue weighted by molar-refractivity contribution is 0.191. The molecule has 0 saturated heterocycles. The number of anilines is 1. The van der Waals surface area contributed by atoms with E-state index < -0.39 is 0 Å². The van der Waals surface area contributed by atoms with E-state index in [9.17, 15) is 4.79 Å². The summed E-state index contributed by atoms with van der Waals surface area (Å²) >= 11 is 0. The molecule has 0 aliphatic rings. The summed E-state index contributed by atoms with van der Waals surface area (Å²) in [6, 6.07) is 1.67. The number of rotatable bonds is 5. The molecule has 14 heavy (non-hydrogen) atoms. The van der Waals surface area contributed by atoms with Crippen LogP contribution in [0.5, 0.6) is 0 Å². The summed E-state index contributed by atoms with van der Waals surface area (Å²) in [7, 11) is 1.66. The van der Waals surface area contributed by atoms with Gasteiger partial charge in [-0.25, -0.2) is 4.98 Å². The Morgan fingerprint density at radius 2 is 2.50 bits per heavy atom. The van der Waals surface area contributed by atoms with Crippen molar-refractivity contribution in [3.05, 3.63) is 22.7 Å². The van der Waals surface area contributed by atoms with Crippen LogP contribution in [0, 0.1) is 0 Å². The van der Waals surface area contributed by atoms with Crippen LogP contribution in [-0.2, 0) is 4.74 Å². The molecule has 78 valence electrons. The third-order valence-electron chi connectivity index (χ3n) is 1.83. The number of hydrogen-bond donors (Lipinski definition) is 2. The van der Waals surface area contributed by atoms with Gasteiger partial charge < -0.3 is 15.0 Å². The molecule has 0 bridgehead atoms. The number of aromatic nitrogens is 2. The van der Waals surface area contributed by atoms with Gasteiger partial charge in [0, 0.05) is 25.8 Å². The van der Waals surface area contributed by atoms with Crippen molar-refractivity contribution in [2.75, 3.05) is 19.0 Å². The largest absolute Gasteiger partial charge is 0.385 e. The highest BCUT2D eigenvalue weighted by molar-refractivity contribution is 5.32. The van der Waals surface area contributed by atoms with Crippen LogP contribution in [0.25, 0.3) is 0 Å². The molecule has 5 nitrogen and oxygen atoms in total. The van der Waals surface area contributed by atoms with E-state index in [4.69, 9.17) is 4.74 Å². The van der Waals surface area contributed by atoms with E-state index >= 15 is 0 Å². The fourth-order valence-electron chi connectivity index (χ4n) is 1.07. The number of nitrogens with one attached hydrogen (secondary N) is 2. The lowest BCUT2D eigenvalue weighted by atomic mass is 10.2. The number of hydrogen-bond acceptors (Lipinski definition) is 4. The van der Waals surface area contributed by atoms with Crippen molar-refractivity contribution in [2.24, 2.45) is 0 Å². The molecule has 1 aromatic rings. The summed E-state index contributed by atoms with van der Waals surface area (Å²) in [6.07, 6.45) is 2.26. The van der Waals surface area contributed by atoms with Gasteiger partial charge in [-0.3, -0.25) is 4.79 Å². The third kappa shape index (κ3) is 3.57. The van der Waals surface area contributed by atoms with E-state index in [0.29, 0.717) is 12.4 Å². The van der Waals surface area contributed by atoms with Gasteiger partial charge in [-0.05, 0) is 13.3 Å². The average molecular weight is 197 g/mol. The van der Waals surface area contributed by atoms with E-state index in [0.717, 1.165) is 6.42 Å². The molecular weight excluding hydrogens is 182 g/mol. The van der Waals surface area contributed by atoms with Gasteiger partial charge in [0.05, 0.1) is 6.33 Å². The number of nitrogens with zero attached hydrogens (tertiary/aromatic N) is 1. The summed E-state index contributed by atoms with van der Waals surface area (Å²) in [5.74, 6) is 0.595. The molecule has 1 aromatic heterocycles. The van der Waals surface area contributed by atoms with Crippen LogP contribution >= 0.6 is 0 Å². The molecule has 1 unspecified atom stereocenters. The molecule has 0 aromatic carbocycles. The Bertz CT molecular complexity index is 324. The van der Waals surface area contributed by atoms with E-state index in [1.54, 1.807) is 7.11 Å². The Kier molecular flexibility index (Phi) is 4.12. The maximum Gasteiger partial charge on any atom is 0.252 e. The summed E-state index contributed by atoms with van der Waals surface area (Å²) in [4.78, 5) is 17.4. The highest BCUT2D eigenvalue weighted by Gasteiger charge is 2.02. The molecule has 0 radical (unpaired) electrons. The summed E-state index contributed by atoms with van der Waals surface area (Å²) < 4.78 is 4.95. The first kappa shape index (κ1) is 10.7. The predicted octanol–water partition coefficient (Wildman–Crippen LogP) is 0.607. The van der Waals surface area contributed by atoms with Gasteiger partial charge in [-0.2, -0.15) is 0 Å². The molecule has 2 N–H and O–H groups in total. The lowest BCUT2D eigenvalue weighted by Gasteiger charge is -2.12. The standard InChI is InChI=1S/C9H15N3O2/c1-7(3-4-14-2)12-8-5-9(13)11-6-10-8/h5-7H,3-4H2,1-2H3,(H2,10,11,12,13). The normalized spacial score (nSPS) is 12.4. The van der Waals surface area contributed by atoms with Crippen molar-refractivity contribution < 1.29 is 4.74 Å². The third-order valence-corrected chi connectivity index (χ3v) is 1.83. The van der Waals surface area contributed by atoms with Crippen LogP contribution in [-0.4, -0.2) is 29.7 Å². The maximum absolute atomic E-state index is 10.9. The first-order chi connectivity index (χ1) is 6.72. The molecule has 1 atom stereocenters. The van der Waals surface area contributed by atoms with Crippen LogP contribution < -0.4 is 10.9 Å². The van der Waals surface area contributed by atoms with Gasteiger partial charge in [-0.15, -0.1) is 0 Å². The van der Waals surface area contributed by atoms with Crippen molar-refractivity contribution in [3.8, 4) is 0 Å². The summed E-state index contributed by atoms with van der Waals surface area (Å²) in [6.45, 7) is 2.71. The van der Waals surface area contributed by atoms with Crippen molar-refractivity contribution in [1.29, 1.82) is 0 Å². The van der Waals surface area contributed by atoms with E-state index in [1.165, 1.54) is 12.4 Å². The van der Waals surface area contributed by atoms with Gasteiger partial charge in [0.25, 0.3) is 5.56 Å². The van der Waals surface area contributed by atoms with Gasteiger partial charge in [0.2, 0.25) is 0 Å². The molecule has 0 amide bonds. The molecule has 0 fully saturated rings. The minimum Gasteiger partial charge on any atom is -0.385 e. The minimum atomic E-state index is -0.151. The topological polar surface area (TPSA) is 67.0 Å². The SMILES string of the molecule is COCCC(C)Nc1cc(=O)[nH]cn1. The zero-order valence-corrected chi connectivity index (χ0v) is 8.41. The second-order valence-electron chi connectivity index (χ2n) is 3.12. The van der Waals surface area contributed by atoms with Crippen LogP contribution in [0.15, 0.2) is 17.2 Å². The van der Waals surface area contributed by atoms with Crippen molar-refractivity contribution in [1.82, 2.24) is 9.97 Å². The zero-order chi connectivity index (χ0) is 10.4. The van der Waals surface area contributed by atoms with Crippen LogP contribution in [0.3, 0.4) is 0 Å². The fourth-order valence-corrected chi connectivity index (χ4v) is 1.07. The number of aromatic amines is 1. The van der Waals surface area contributed by atoms with Gasteiger partial charge >= 0.3 is 0 Å². The molecular formula is C9H15N3O2. The number of methoxy groups -OCH3 is 1. The molecule has 1 heterocycles. The van der Waals surface area contributed by atoms with E-state index in [-0.39, 0.29) is 11.6 Å². The average Bonchev–Trinajstić information content (AvgIpc) is 2.15. The summed E-state index contributed by atoms with van der Waals surface area (Å²) in [5.41, 5.74) is -0.151. The second-order valence-corrected chi connectivity index (χ2v) is 3.12. The van der Waals surface area contributed by atoms with Gasteiger partial charge in [0.15, 0.2) is 0 Å². The molecule has 0 aliphatic heterocycles. The number of H-pyrrole nitrogens is 1.